The lowest BCUT2D eigenvalue weighted by molar-refractivity contribution is -0.141. The van der Waals surface area contributed by atoms with Gasteiger partial charge in [-0.2, -0.15) is 0 Å². The molecule has 0 fully saturated rings. The topological polar surface area (TPSA) is 54.4 Å². The van der Waals surface area contributed by atoms with E-state index in [-0.39, 0.29) is 0 Å². The van der Waals surface area contributed by atoms with Crippen LogP contribution >= 0.6 is 11.8 Å². The van der Waals surface area contributed by atoms with Gasteiger partial charge in [0.1, 0.15) is 6.29 Å². The molecule has 1 aliphatic heterocycles. The molecule has 1 unspecified atom stereocenters. The Bertz CT molecular complexity index is 189. The Morgan fingerprint density at radius 3 is 2.70 bits per heavy atom. The molecule has 4 heteroatoms. The normalized spacial score (nSPS) is 30.4. The number of rotatable bonds is 2. The van der Waals surface area contributed by atoms with Crippen molar-refractivity contribution in [2.45, 2.75) is 11.2 Å². The molecular formula is C6H6O3S. The summed E-state index contributed by atoms with van der Waals surface area (Å²) in [5.41, 5.74) is 0. The van der Waals surface area contributed by atoms with Crippen LogP contribution in [0.2, 0.25) is 0 Å². The molecule has 1 heterocycles. The summed E-state index contributed by atoms with van der Waals surface area (Å²) < 4.78 is -1.22. The lowest BCUT2D eigenvalue weighted by atomic mass is 10.1. The highest BCUT2D eigenvalue weighted by Gasteiger charge is 2.39. The van der Waals surface area contributed by atoms with Crippen molar-refractivity contribution in [3.63, 3.8) is 0 Å². The number of carboxylic acids is 1. The van der Waals surface area contributed by atoms with Crippen molar-refractivity contribution in [2.24, 2.45) is 0 Å². The number of hydrogen-bond donors (Lipinski definition) is 1. The summed E-state index contributed by atoms with van der Waals surface area (Å²) in [4.78, 5) is 20.8. The zero-order chi connectivity index (χ0) is 7.61. The van der Waals surface area contributed by atoms with E-state index in [0.29, 0.717) is 12.7 Å². The molecule has 0 radical (unpaired) electrons. The maximum atomic E-state index is 10.5. The Morgan fingerprint density at radius 1 is 1.80 bits per heavy atom. The molecule has 54 valence electrons. The van der Waals surface area contributed by atoms with E-state index in [1.807, 2.05) is 0 Å². The molecule has 1 atom stereocenters. The van der Waals surface area contributed by atoms with Gasteiger partial charge in [-0.15, -0.1) is 11.8 Å². The summed E-state index contributed by atoms with van der Waals surface area (Å²) in [5, 5.41) is 10.2. The molecular weight excluding hydrogens is 152 g/mol. The number of carbonyl (C=O) groups is 2. The van der Waals surface area contributed by atoms with Gasteiger partial charge in [-0.25, -0.2) is 0 Å². The van der Waals surface area contributed by atoms with Gasteiger partial charge in [0, 0.05) is 0 Å². The Hall–Kier alpha value is -0.770. The fourth-order valence-electron chi connectivity index (χ4n) is 0.705. The second kappa shape index (κ2) is 2.46. The Balaban J connectivity index is 2.80. The Labute approximate surface area is 62.1 Å². The third kappa shape index (κ3) is 0.945. The van der Waals surface area contributed by atoms with E-state index in [9.17, 15) is 9.59 Å². The van der Waals surface area contributed by atoms with Crippen LogP contribution in [0.25, 0.3) is 0 Å². The molecule has 0 saturated heterocycles. The average molecular weight is 158 g/mol. The van der Waals surface area contributed by atoms with Crippen LogP contribution in [-0.4, -0.2) is 22.1 Å². The van der Waals surface area contributed by atoms with Gasteiger partial charge in [-0.1, -0.05) is 6.08 Å². The van der Waals surface area contributed by atoms with Gasteiger partial charge in [0.15, 0.2) is 4.75 Å². The van der Waals surface area contributed by atoms with Crippen molar-refractivity contribution >= 4 is 24.0 Å². The lowest BCUT2D eigenvalue weighted by Gasteiger charge is -2.13. The van der Waals surface area contributed by atoms with E-state index in [4.69, 9.17) is 5.11 Å². The van der Waals surface area contributed by atoms with Crippen LogP contribution < -0.4 is 0 Å². The van der Waals surface area contributed by atoms with Crippen LogP contribution in [0, 0.1) is 0 Å². The molecule has 0 saturated carbocycles. The van der Waals surface area contributed by atoms with Crippen molar-refractivity contribution in [2.75, 3.05) is 0 Å². The van der Waals surface area contributed by atoms with Gasteiger partial charge in [-0.3, -0.25) is 4.79 Å². The van der Waals surface area contributed by atoms with Crippen LogP contribution in [0.1, 0.15) is 6.42 Å². The quantitative estimate of drug-likeness (QED) is 0.473. The largest absolute Gasteiger partial charge is 0.480 e. The average Bonchev–Trinajstić information content (AvgIpc) is 2.35. The predicted octanol–water partition coefficient (Wildman–Crippen LogP) is 0.659. The highest BCUT2D eigenvalue weighted by Crippen LogP contribution is 2.34. The summed E-state index contributed by atoms with van der Waals surface area (Å²) in [6.07, 6.45) is 2.48. The van der Waals surface area contributed by atoms with Gasteiger partial charge < -0.3 is 9.90 Å². The molecule has 1 aliphatic rings. The fraction of sp³-hybridized carbons (Fsp3) is 0.333. The maximum Gasteiger partial charge on any atom is 0.327 e. The zero-order valence-electron chi connectivity index (χ0n) is 5.11. The first kappa shape index (κ1) is 7.34. The number of thioether (sulfide) groups is 1. The van der Waals surface area contributed by atoms with E-state index < -0.39 is 10.7 Å². The van der Waals surface area contributed by atoms with Crippen LogP contribution in [0.5, 0.6) is 0 Å². The first-order valence-corrected chi connectivity index (χ1v) is 3.62. The summed E-state index contributed by atoms with van der Waals surface area (Å²) in [5.74, 6) is -1.06. The molecule has 0 aromatic heterocycles. The van der Waals surface area contributed by atoms with Gasteiger partial charge in [0.25, 0.3) is 0 Å². The van der Waals surface area contributed by atoms with Crippen LogP contribution in [0.4, 0.5) is 0 Å². The van der Waals surface area contributed by atoms with Gasteiger partial charge in [0.05, 0.1) is 0 Å². The van der Waals surface area contributed by atoms with Crippen molar-refractivity contribution in [1.82, 2.24) is 0 Å². The minimum absolute atomic E-state index is 0.302. The van der Waals surface area contributed by atoms with E-state index >= 15 is 0 Å². The number of aliphatic carboxylic acids is 1. The van der Waals surface area contributed by atoms with Crippen molar-refractivity contribution in [3.8, 4) is 0 Å². The number of aldehydes is 1. The second-order valence-electron chi connectivity index (χ2n) is 2.01. The predicted molar refractivity (Wildman–Crippen MR) is 37.8 cm³/mol. The molecule has 0 spiro atoms. The Kier molecular flexibility index (Phi) is 1.80. The molecule has 0 amide bonds. The molecule has 3 nitrogen and oxygen atoms in total. The molecule has 1 rings (SSSR count). The monoisotopic (exact) mass is 158 g/mol. The third-order valence-electron chi connectivity index (χ3n) is 1.35. The number of hydrogen-bond acceptors (Lipinski definition) is 3. The third-order valence-corrected chi connectivity index (χ3v) is 2.53. The van der Waals surface area contributed by atoms with Crippen molar-refractivity contribution in [1.29, 1.82) is 0 Å². The smallest absolute Gasteiger partial charge is 0.327 e. The molecule has 1 N–H and O–H groups in total. The van der Waals surface area contributed by atoms with Gasteiger partial charge >= 0.3 is 5.97 Å². The van der Waals surface area contributed by atoms with E-state index in [1.165, 1.54) is 0 Å². The summed E-state index contributed by atoms with van der Waals surface area (Å²) in [6, 6.07) is 0. The molecule has 0 aromatic carbocycles. The minimum Gasteiger partial charge on any atom is -0.480 e. The zero-order valence-corrected chi connectivity index (χ0v) is 5.93. The molecule has 0 aliphatic carbocycles. The van der Waals surface area contributed by atoms with E-state index in [1.54, 1.807) is 11.5 Å². The second-order valence-corrected chi connectivity index (χ2v) is 3.24. The number of allylic oxidation sites excluding steroid dienone is 1. The fourth-order valence-corrected chi connectivity index (χ4v) is 1.49. The Morgan fingerprint density at radius 2 is 2.50 bits per heavy atom. The first-order valence-electron chi connectivity index (χ1n) is 2.74. The standard InChI is InChI=1S/C6H6O3S/c7-4-6(5(8)9)2-1-3-10-6/h1,3-4H,2H2,(H,8,9). The van der Waals surface area contributed by atoms with Gasteiger partial charge in [0.2, 0.25) is 0 Å². The van der Waals surface area contributed by atoms with E-state index in [2.05, 4.69) is 0 Å². The van der Waals surface area contributed by atoms with E-state index in [0.717, 1.165) is 11.8 Å². The minimum atomic E-state index is -1.22. The highest BCUT2D eigenvalue weighted by atomic mass is 32.2. The van der Waals surface area contributed by atoms with Crippen LogP contribution in [0.15, 0.2) is 11.5 Å². The van der Waals surface area contributed by atoms with Crippen molar-refractivity contribution in [3.05, 3.63) is 11.5 Å². The summed E-state index contributed by atoms with van der Waals surface area (Å²) >= 11 is 1.05. The first-order chi connectivity index (χ1) is 4.71. The summed E-state index contributed by atoms with van der Waals surface area (Å²) in [7, 11) is 0. The van der Waals surface area contributed by atoms with Crippen LogP contribution in [0.3, 0.4) is 0 Å². The molecule has 0 bridgehead atoms. The van der Waals surface area contributed by atoms with Crippen LogP contribution in [-0.2, 0) is 9.59 Å². The number of carboxylic acid groups (broad SMARTS) is 1. The maximum absolute atomic E-state index is 10.5. The SMILES string of the molecule is O=CC1(C(=O)O)CC=CS1. The molecule has 10 heavy (non-hydrogen) atoms. The summed E-state index contributed by atoms with van der Waals surface area (Å²) in [6.45, 7) is 0. The van der Waals surface area contributed by atoms with Gasteiger partial charge in [-0.05, 0) is 11.8 Å². The molecule has 0 aromatic rings. The highest BCUT2D eigenvalue weighted by molar-refractivity contribution is 8.05. The van der Waals surface area contributed by atoms with Crippen molar-refractivity contribution < 1.29 is 14.7 Å². The number of carbonyl (C=O) groups excluding carboxylic acids is 1. The lowest BCUT2D eigenvalue weighted by Crippen LogP contribution is -2.33.